The van der Waals surface area contributed by atoms with E-state index < -0.39 is 0 Å². The minimum Gasteiger partial charge on any atom is -0.365 e. The van der Waals surface area contributed by atoms with Gasteiger partial charge in [0.1, 0.15) is 6.10 Å². The average Bonchev–Trinajstić information content (AvgIpc) is 3.40. The largest absolute Gasteiger partial charge is 0.365 e. The molecule has 0 saturated carbocycles. The zero-order valence-corrected chi connectivity index (χ0v) is 15.9. The van der Waals surface area contributed by atoms with Crippen LogP contribution in [0.5, 0.6) is 0 Å². The number of aryl methyl sites for hydroxylation is 1. The molecular weight excluding hydrogens is 386 g/mol. The Morgan fingerprint density at radius 3 is 2.93 bits per heavy atom. The first-order chi connectivity index (χ1) is 13.2. The normalized spacial score (nSPS) is 16.4. The maximum absolute atomic E-state index is 6.29. The average molecular weight is 400 g/mol. The van der Waals surface area contributed by atoms with Gasteiger partial charge in [0.2, 0.25) is 5.82 Å². The Morgan fingerprint density at radius 1 is 1.22 bits per heavy atom. The quantitative estimate of drug-likeness (QED) is 0.511. The lowest BCUT2D eigenvalue weighted by Crippen LogP contribution is -2.22. The van der Waals surface area contributed by atoms with E-state index in [9.17, 15) is 0 Å². The topological polar surface area (TPSA) is 78.9 Å². The summed E-state index contributed by atoms with van der Waals surface area (Å²) >= 11 is 7.90. The fourth-order valence-corrected chi connectivity index (χ4v) is 4.13. The molecule has 4 heterocycles. The lowest BCUT2D eigenvalue weighted by Gasteiger charge is -2.24. The van der Waals surface area contributed by atoms with Crippen LogP contribution in [0.25, 0.3) is 22.3 Å². The van der Waals surface area contributed by atoms with Crippen molar-refractivity contribution in [1.29, 1.82) is 0 Å². The smallest absolute Gasteiger partial charge is 0.268 e. The van der Waals surface area contributed by atoms with E-state index in [-0.39, 0.29) is 6.10 Å². The second-order valence-electron chi connectivity index (χ2n) is 6.22. The summed E-state index contributed by atoms with van der Waals surface area (Å²) in [5.41, 5.74) is 2.35. The third kappa shape index (κ3) is 2.95. The van der Waals surface area contributed by atoms with Crippen LogP contribution in [0.15, 0.2) is 40.9 Å². The highest BCUT2D eigenvalue weighted by Gasteiger charge is 2.28. The fraction of sp³-hybridized carbons (Fsp3) is 0.222. The molecule has 9 heteroatoms. The Kier molecular flexibility index (Phi) is 4.04. The van der Waals surface area contributed by atoms with Gasteiger partial charge in [-0.15, -0.1) is 16.4 Å². The van der Waals surface area contributed by atoms with Gasteiger partial charge in [-0.3, -0.25) is 0 Å². The number of aromatic nitrogens is 5. The molecular formula is C18H14ClN5O2S. The third-order valence-electron chi connectivity index (χ3n) is 4.44. The highest BCUT2D eigenvalue weighted by atomic mass is 35.5. The predicted octanol–water partition coefficient (Wildman–Crippen LogP) is 4.29. The standard InChI is InChI=1S/C18H14ClN5O2S/c1-10-6-7-15(27-10)18-20-17(22-26-18)16-13-9-25-14(8-24(13)23-21-16)11-4-2-3-5-12(11)19/h2-7,14H,8-9H2,1H3/t14-/m0/s1. The van der Waals surface area contributed by atoms with Crippen molar-refractivity contribution >= 4 is 22.9 Å². The maximum atomic E-state index is 6.29. The zero-order chi connectivity index (χ0) is 18.4. The molecule has 5 rings (SSSR count). The molecule has 0 bridgehead atoms. The molecule has 1 aliphatic heterocycles. The summed E-state index contributed by atoms with van der Waals surface area (Å²) in [4.78, 5) is 6.59. The number of benzene rings is 1. The van der Waals surface area contributed by atoms with Crippen molar-refractivity contribution in [2.75, 3.05) is 0 Å². The Bertz CT molecular complexity index is 1120. The molecule has 0 saturated heterocycles. The monoisotopic (exact) mass is 399 g/mol. The molecule has 7 nitrogen and oxygen atoms in total. The Morgan fingerprint density at radius 2 is 2.11 bits per heavy atom. The fourth-order valence-electron chi connectivity index (χ4n) is 3.08. The number of thiophene rings is 1. The lowest BCUT2D eigenvalue weighted by molar-refractivity contribution is -0.00106. The number of fused-ring (bicyclic) bond motifs is 1. The van der Waals surface area contributed by atoms with Crippen LogP contribution in [0.2, 0.25) is 5.02 Å². The van der Waals surface area contributed by atoms with Gasteiger partial charge in [-0.2, -0.15) is 4.98 Å². The van der Waals surface area contributed by atoms with E-state index >= 15 is 0 Å². The number of ether oxygens (including phenoxy) is 1. The minimum absolute atomic E-state index is 0.171. The SMILES string of the molecule is Cc1ccc(-c2nc(-c3nnn4c3CO[C@H](c3ccccc3Cl)C4)no2)s1. The number of hydrogen-bond acceptors (Lipinski definition) is 7. The molecule has 136 valence electrons. The van der Waals surface area contributed by atoms with E-state index in [0.29, 0.717) is 35.6 Å². The molecule has 0 unspecified atom stereocenters. The van der Waals surface area contributed by atoms with Gasteiger partial charge in [0.05, 0.1) is 23.7 Å². The second kappa shape index (κ2) is 6.56. The van der Waals surface area contributed by atoms with Crippen LogP contribution in [0.3, 0.4) is 0 Å². The van der Waals surface area contributed by atoms with Gasteiger partial charge in [0, 0.05) is 15.5 Å². The molecule has 1 atom stereocenters. The number of hydrogen-bond donors (Lipinski definition) is 0. The highest BCUT2D eigenvalue weighted by molar-refractivity contribution is 7.15. The summed E-state index contributed by atoms with van der Waals surface area (Å²) in [7, 11) is 0. The number of rotatable bonds is 3. The van der Waals surface area contributed by atoms with Gasteiger partial charge in [0.15, 0.2) is 5.69 Å². The molecule has 0 N–H and O–H groups in total. The molecule has 3 aromatic heterocycles. The van der Waals surface area contributed by atoms with Crippen molar-refractivity contribution < 1.29 is 9.26 Å². The van der Waals surface area contributed by atoms with Crippen LogP contribution in [0.4, 0.5) is 0 Å². The van der Waals surface area contributed by atoms with E-state index in [1.54, 1.807) is 11.3 Å². The van der Waals surface area contributed by atoms with Crippen LogP contribution in [-0.2, 0) is 17.9 Å². The van der Waals surface area contributed by atoms with Gasteiger partial charge in [-0.25, -0.2) is 4.68 Å². The van der Waals surface area contributed by atoms with E-state index in [2.05, 4.69) is 20.5 Å². The van der Waals surface area contributed by atoms with Crippen LogP contribution in [0.1, 0.15) is 22.2 Å². The molecule has 27 heavy (non-hydrogen) atoms. The molecule has 0 spiro atoms. The zero-order valence-electron chi connectivity index (χ0n) is 14.3. The van der Waals surface area contributed by atoms with Crippen molar-refractivity contribution in [3.8, 4) is 22.3 Å². The maximum Gasteiger partial charge on any atom is 0.268 e. The summed E-state index contributed by atoms with van der Waals surface area (Å²) in [6.45, 7) is 2.91. The molecule has 0 aliphatic carbocycles. The van der Waals surface area contributed by atoms with E-state index in [4.69, 9.17) is 20.9 Å². The van der Waals surface area contributed by atoms with E-state index in [1.807, 2.05) is 48.0 Å². The van der Waals surface area contributed by atoms with Gasteiger partial charge in [-0.05, 0) is 25.1 Å². The molecule has 0 radical (unpaired) electrons. The van der Waals surface area contributed by atoms with Crippen molar-refractivity contribution in [3.05, 3.63) is 57.6 Å². The van der Waals surface area contributed by atoms with Gasteiger partial charge in [0.25, 0.3) is 5.89 Å². The molecule has 1 aromatic carbocycles. The van der Waals surface area contributed by atoms with Crippen LogP contribution in [0, 0.1) is 6.92 Å². The predicted molar refractivity (Wildman–Crippen MR) is 100 cm³/mol. The van der Waals surface area contributed by atoms with E-state index in [1.165, 1.54) is 4.88 Å². The van der Waals surface area contributed by atoms with Crippen molar-refractivity contribution in [2.24, 2.45) is 0 Å². The van der Waals surface area contributed by atoms with Crippen molar-refractivity contribution in [2.45, 2.75) is 26.2 Å². The van der Waals surface area contributed by atoms with Gasteiger partial charge < -0.3 is 9.26 Å². The molecule has 0 amide bonds. The van der Waals surface area contributed by atoms with Crippen LogP contribution < -0.4 is 0 Å². The first-order valence-electron chi connectivity index (χ1n) is 8.38. The van der Waals surface area contributed by atoms with E-state index in [0.717, 1.165) is 16.1 Å². The number of nitrogens with zero attached hydrogens (tertiary/aromatic N) is 5. The van der Waals surface area contributed by atoms with Crippen molar-refractivity contribution in [1.82, 2.24) is 25.1 Å². The first kappa shape index (κ1) is 16.6. The molecule has 1 aliphatic rings. The Labute approximate surface area is 163 Å². The van der Waals surface area contributed by atoms with Crippen molar-refractivity contribution in [3.63, 3.8) is 0 Å². The van der Waals surface area contributed by atoms with Gasteiger partial charge in [-0.1, -0.05) is 40.2 Å². The van der Waals surface area contributed by atoms with Gasteiger partial charge >= 0.3 is 0 Å². The number of halogens is 1. The first-order valence-corrected chi connectivity index (χ1v) is 9.58. The summed E-state index contributed by atoms with van der Waals surface area (Å²) in [6.07, 6.45) is -0.171. The van der Waals surface area contributed by atoms with Crippen LogP contribution >= 0.6 is 22.9 Å². The Balaban J connectivity index is 1.43. The lowest BCUT2D eigenvalue weighted by atomic mass is 10.1. The third-order valence-corrected chi connectivity index (χ3v) is 5.77. The summed E-state index contributed by atoms with van der Waals surface area (Å²) in [5, 5.41) is 13.3. The van der Waals surface area contributed by atoms with Crippen LogP contribution in [-0.4, -0.2) is 25.1 Å². The molecule has 0 fully saturated rings. The minimum atomic E-state index is -0.171. The second-order valence-corrected chi connectivity index (χ2v) is 7.92. The Hall–Kier alpha value is -2.55. The highest BCUT2D eigenvalue weighted by Crippen LogP contribution is 2.34. The summed E-state index contributed by atoms with van der Waals surface area (Å²) in [5.74, 6) is 0.896. The summed E-state index contributed by atoms with van der Waals surface area (Å²) < 4.78 is 13.2. The molecule has 4 aromatic rings. The summed E-state index contributed by atoms with van der Waals surface area (Å²) in [6, 6.07) is 11.7.